The zero-order valence-electron chi connectivity index (χ0n) is 21.7. The van der Waals surface area contributed by atoms with E-state index < -0.39 is 23.4 Å². The van der Waals surface area contributed by atoms with Crippen molar-refractivity contribution in [3.63, 3.8) is 0 Å². The molecule has 2 aromatic rings. The lowest BCUT2D eigenvalue weighted by Gasteiger charge is -2.15. The monoisotopic (exact) mass is 493 g/mol. The Kier molecular flexibility index (Phi) is 15.0. The number of aliphatic imine (C=N–C) groups is 1. The summed E-state index contributed by atoms with van der Waals surface area (Å²) in [6.07, 6.45) is -4.81. The summed E-state index contributed by atoms with van der Waals surface area (Å²) in [5.74, 6) is -0.463. The molecule has 0 aliphatic carbocycles. The summed E-state index contributed by atoms with van der Waals surface area (Å²) in [7, 11) is 0. The molecule has 0 spiro atoms. The standard InChI is InChI=1S/C23H26F3N3O2.2C2H6/c1-15-7-6-8-18(13-15)14-28-22(30)16(2)21(23(24,25)26)29-17(3)19-9-4-5-10-20(19)31-12-11-27;2*1-2/h4-10,13H,11-12,14,27H2,1-3H3,(H,28,30);2*1-2H3/b21-16+,29-17?;;. The van der Waals surface area contributed by atoms with Gasteiger partial charge in [0.1, 0.15) is 12.4 Å². The van der Waals surface area contributed by atoms with Crippen LogP contribution in [0.15, 0.2) is 64.8 Å². The third-order valence-electron chi connectivity index (χ3n) is 4.43. The second-order valence-corrected chi connectivity index (χ2v) is 6.97. The summed E-state index contributed by atoms with van der Waals surface area (Å²) in [6.45, 7) is 13.0. The molecule has 0 bridgehead atoms. The van der Waals surface area contributed by atoms with Crippen LogP contribution in [0.3, 0.4) is 0 Å². The summed E-state index contributed by atoms with van der Waals surface area (Å²) in [4.78, 5) is 16.2. The topological polar surface area (TPSA) is 76.7 Å². The number of rotatable bonds is 8. The van der Waals surface area contributed by atoms with Gasteiger partial charge in [-0.15, -0.1) is 0 Å². The zero-order chi connectivity index (χ0) is 27.0. The minimum absolute atomic E-state index is 0.0748. The Balaban J connectivity index is 0.00000274. The number of allylic oxidation sites excluding steroid dienone is 1. The number of aryl methyl sites for hydroxylation is 1. The Labute approximate surface area is 207 Å². The third-order valence-corrected chi connectivity index (χ3v) is 4.43. The number of carbonyl (C=O) groups excluding carboxylic acids is 1. The van der Waals surface area contributed by atoms with E-state index in [0.717, 1.165) is 18.1 Å². The Morgan fingerprint density at radius 3 is 2.23 bits per heavy atom. The molecule has 0 aliphatic rings. The highest BCUT2D eigenvalue weighted by Gasteiger charge is 2.37. The van der Waals surface area contributed by atoms with Crippen LogP contribution in [0.25, 0.3) is 0 Å². The molecule has 3 N–H and O–H groups in total. The van der Waals surface area contributed by atoms with Crippen LogP contribution in [0.4, 0.5) is 13.2 Å². The molecule has 0 heterocycles. The number of benzene rings is 2. The molecule has 0 aromatic heterocycles. The van der Waals surface area contributed by atoms with Gasteiger partial charge in [-0.2, -0.15) is 13.2 Å². The lowest BCUT2D eigenvalue weighted by atomic mass is 10.1. The molecular weight excluding hydrogens is 455 g/mol. The molecule has 0 fully saturated rings. The van der Waals surface area contributed by atoms with E-state index in [2.05, 4.69) is 10.3 Å². The van der Waals surface area contributed by atoms with Gasteiger partial charge < -0.3 is 15.8 Å². The van der Waals surface area contributed by atoms with Crippen molar-refractivity contribution < 1.29 is 22.7 Å². The van der Waals surface area contributed by atoms with Crippen molar-refractivity contribution in [1.82, 2.24) is 5.32 Å². The molecule has 0 saturated carbocycles. The molecule has 2 aromatic carbocycles. The molecule has 2 rings (SSSR count). The molecule has 0 unspecified atom stereocenters. The van der Waals surface area contributed by atoms with Crippen molar-refractivity contribution >= 4 is 11.6 Å². The summed E-state index contributed by atoms with van der Waals surface area (Å²) in [5, 5.41) is 2.53. The van der Waals surface area contributed by atoms with Crippen molar-refractivity contribution in [2.45, 2.75) is 61.2 Å². The smallest absolute Gasteiger partial charge is 0.433 e. The Hall–Kier alpha value is -3.13. The SMILES string of the molecule is CC.CC.CC(=N/C(=C(\C)C(=O)NCc1cccc(C)c1)C(F)(F)F)c1ccccc1OCCN. The number of nitrogens with zero attached hydrogens (tertiary/aromatic N) is 1. The summed E-state index contributed by atoms with van der Waals surface area (Å²) in [6, 6.07) is 14.0. The van der Waals surface area contributed by atoms with Crippen LogP contribution in [0.5, 0.6) is 5.75 Å². The van der Waals surface area contributed by atoms with E-state index in [-0.39, 0.29) is 25.4 Å². The average Bonchev–Trinajstić information content (AvgIpc) is 2.86. The summed E-state index contributed by atoms with van der Waals surface area (Å²) >= 11 is 0. The lowest BCUT2D eigenvalue weighted by molar-refractivity contribution is -0.119. The predicted octanol–water partition coefficient (Wildman–Crippen LogP) is 6.35. The first-order chi connectivity index (χ1) is 16.6. The molecule has 5 nitrogen and oxygen atoms in total. The molecule has 0 saturated heterocycles. The molecule has 8 heteroatoms. The second kappa shape index (κ2) is 16.5. The van der Waals surface area contributed by atoms with E-state index in [1.807, 2.05) is 52.8 Å². The average molecular weight is 494 g/mol. The minimum atomic E-state index is -4.81. The number of halogens is 3. The fourth-order valence-electron chi connectivity index (χ4n) is 2.89. The van der Waals surface area contributed by atoms with Gasteiger partial charge in [0.25, 0.3) is 0 Å². The first-order valence-electron chi connectivity index (χ1n) is 11.7. The minimum Gasteiger partial charge on any atom is -0.492 e. The van der Waals surface area contributed by atoms with Gasteiger partial charge in [-0.25, -0.2) is 4.99 Å². The molecule has 0 aliphatic heterocycles. The molecular formula is C27H38F3N3O2. The quantitative estimate of drug-likeness (QED) is 0.332. The van der Waals surface area contributed by atoms with Gasteiger partial charge in [0, 0.05) is 29.9 Å². The van der Waals surface area contributed by atoms with E-state index in [1.54, 1.807) is 30.3 Å². The number of ether oxygens (including phenoxy) is 1. The van der Waals surface area contributed by atoms with Gasteiger partial charge in [0.05, 0.1) is 0 Å². The van der Waals surface area contributed by atoms with Crippen LogP contribution < -0.4 is 15.8 Å². The number of hydrogen-bond acceptors (Lipinski definition) is 4. The van der Waals surface area contributed by atoms with Crippen LogP contribution in [0.2, 0.25) is 0 Å². The van der Waals surface area contributed by atoms with Crippen molar-refractivity contribution in [2.75, 3.05) is 13.2 Å². The van der Waals surface area contributed by atoms with Crippen LogP contribution in [0.1, 0.15) is 58.2 Å². The van der Waals surface area contributed by atoms with Crippen LogP contribution in [-0.2, 0) is 11.3 Å². The second-order valence-electron chi connectivity index (χ2n) is 6.97. The van der Waals surface area contributed by atoms with Crippen molar-refractivity contribution in [1.29, 1.82) is 0 Å². The highest BCUT2D eigenvalue weighted by atomic mass is 19.4. The van der Waals surface area contributed by atoms with Crippen LogP contribution in [0, 0.1) is 6.92 Å². The Morgan fingerprint density at radius 2 is 1.66 bits per heavy atom. The van der Waals surface area contributed by atoms with Gasteiger partial charge in [-0.3, -0.25) is 4.79 Å². The molecule has 0 radical (unpaired) electrons. The molecule has 35 heavy (non-hydrogen) atoms. The number of amides is 1. The van der Waals surface area contributed by atoms with E-state index in [4.69, 9.17) is 10.5 Å². The van der Waals surface area contributed by atoms with E-state index in [0.29, 0.717) is 11.3 Å². The number of alkyl halides is 3. The number of para-hydroxylation sites is 1. The van der Waals surface area contributed by atoms with Crippen molar-refractivity contribution in [3.05, 3.63) is 76.5 Å². The lowest BCUT2D eigenvalue weighted by Crippen LogP contribution is -2.27. The Bertz CT molecular complexity index is 984. The van der Waals surface area contributed by atoms with Gasteiger partial charge in [-0.05, 0) is 38.5 Å². The van der Waals surface area contributed by atoms with Crippen molar-refractivity contribution in [3.8, 4) is 5.75 Å². The zero-order valence-corrected chi connectivity index (χ0v) is 21.7. The number of carbonyl (C=O) groups is 1. The first kappa shape index (κ1) is 31.9. The largest absolute Gasteiger partial charge is 0.492 e. The molecule has 0 atom stereocenters. The normalized spacial score (nSPS) is 11.8. The summed E-state index contributed by atoms with van der Waals surface area (Å²) < 4.78 is 46.7. The molecule has 1 amide bonds. The Morgan fingerprint density at radius 1 is 1.03 bits per heavy atom. The highest BCUT2D eigenvalue weighted by molar-refractivity contribution is 6.02. The summed E-state index contributed by atoms with van der Waals surface area (Å²) in [5.41, 5.74) is 5.92. The van der Waals surface area contributed by atoms with Gasteiger partial charge in [0.15, 0.2) is 5.70 Å². The predicted molar refractivity (Wildman–Crippen MR) is 138 cm³/mol. The first-order valence-corrected chi connectivity index (χ1v) is 11.7. The van der Waals surface area contributed by atoms with E-state index in [9.17, 15) is 18.0 Å². The third kappa shape index (κ3) is 10.8. The number of hydrogen-bond donors (Lipinski definition) is 2. The maximum absolute atomic E-state index is 13.7. The van der Waals surface area contributed by atoms with Gasteiger partial charge in [0.2, 0.25) is 5.91 Å². The van der Waals surface area contributed by atoms with Crippen LogP contribution >= 0.6 is 0 Å². The fourth-order valence-corrected chi connectivity index (χ4v) is 2.89. The molecule has 194 valence electrons. The maximum Gasteiger partial charge on any atom is 0.433 e. The van der Waals surface area contributed by atoms with Gasteiger partial charge in [-0.1, -0.05) is 69.7 Å². The van der Waals surface area contributed by atoms with Crippen molar-refractivity contribution in [2.24, 2.45) is 10.7 Å². The van der Waals surface area contributed by atoms with E-state index in [1.165, 1.54) is 6.92 Å². The maximum atomic E-state index is 13.7. The number of nitrogens with two attached hydrogens (primary N) is 1. The fraction of sp³-hybridized carbons (Fsp3) is 0.407. The highest BCUT2D eigenvalue weighted by Crippen LogP contribution is 2.31. The van der Waals surface area contributed by atoms with E-state index >= 15 is 0 Å². The van der Waals surface area contributed by atoms with Crippen LogP contribution in [-0.4, -0.2) is 30.9 Å². The number of nitrogens with one attached hydrogen (secondary N) is 1. The van der Waals surface area contributed by atoms with Gasteiger partial charge >= 0.3 is 6.18 Å².